The van der Waals surface area contributed by atoms with Gasteiger partial charge >= 0.3 is 0 Å². The highest BCUT2D eigenvalue weighted by Gasteiger charge is 2.17. The van der Waals surface area contributed by atoms with E-state index >= 15 is 0 Å². The molecule has 2 aromatic rings. The zero-order chi connectivity index (χ0) is 21.9. The predicted octanol–water partition coefficient (Wildman–Crippen LogP) is 3.45. The highest BCUT2D eigenvalue weighted by atomic mass is 16.5. The molecule has 1 saturated heterocycles. The zero-order valence-electron chi connectivity index (χ0n) is 19.2. The Hall–Kier alpha value is -2.54. The lowest BCUT2D eigenvalue weighted by molar-refractivity contribution is 0.166. The van der Waals surface area contributed by atoms with Crippen LogP contribution >= 0.6 is 0 Å². The van der Waals surface area contributed by atoms with Crippen molar-refractivity contribution in [1.82, 2.24) is 20.2 Å². The molecular weight excluding hydrogens is 390 g/mol. The van der Waals surface area contributed by atoms with Crippen LogP contribution in [-0.2, 0) is 17.8 Å². The molecule has 0 saturated carbocycles. The van der Waals surface area contributed by atoms with Crippen molar-refractivity contribution in [1.29, 1.82) is 0 Å². The molecule has 31 heavy (non-hydrogen) atoms. The van der Waals surface area contributed by atoms with E-state index in [4.69, 9.17) is 14.5 Å². The van der Waals surface area contributed by atoms with Gasteiger partial charge in [0.25, 0.3) is 0 Å². The third-order valence-electron chi connectivity index (χ3n) is 5.51. The predicted molar refractivity (Wildman–Crippen MR) is 125 cm³/mol. The molecule has 170 valence electrons. The minimum Gasteiger partial charge on any atom is -0.493 e. The highest BCUT2D eigenvalue weighted by molar-refractivity contribution is 5.79. The minimum absolute atomic E-state index is 0.488. The van der Waals surface area contributed by atoms with Gasteiger partial charge < -0.3 is 24.7 Å². The first-order chi connectivity index (χ1) is 15.2. The number of ether oxygens (including phenoxy) is 2. The maximum atomic E-state index is 6.15. The van der Waals surface area contributed by atoms with Crippen molar-refractivity contribution >= 4 is 5.96 Å². The minimum atomic E-state index is 0.488. The van der Waals surface area contributed by atoms with Crippen LogP contribution in [0, 0.1) is 19.8 Å². The summed E-state index contributed by atoms with van der Waals surface area (Å²) >= 11 is 0. The fourth-order valence-corrected chi connectivity index (χ4v) is 3.61. The number of aliphatic imine (C=N–C) groups is 1. The lowest BCUT2D eigenvalue weighted by Crippen LogP contribution is -2.37. The number of nitrogens with one attached hydrogen (secondary N) is 2. The summed E-state index contributed by atoms with van der Waals surface area (Å²) in [6.07, 6.45) is 7.15. The second kappa shape index (κ2) is 12.3. The van der Waals surface area contributed by atoms with Crippen molar-refractivity contribution < 1.29 is 9.47 Å². The number of hydrogen-bond acceptors (Lipinski definition) is 4. The number of nitrogens with zero attached hydrogens (tertiary/aromatic N) is 3. The van der Waals surface area contributed by atoms with Crippen molar-refractivity contribution in [3.63, 3.8) is 0 Å². The van der Waals surface area contributed by atoms with Gasteiger partial charge in [-0.3, -0.25) is 0 Å². The zero-order valence-corrected chi connectivity index (χ0v) is 19.2. The molecule has 2 heterocycles. The molecule has 1 atom stereocenters. The quantitative estimate of drug-likeness (QED) is 0.326. The standard InChI is InChI=1S/C24H37N5O2/c1-4-25-24(27-10-5-6-12-29-13-11-26-20(29)3)28-16-22-8-7-19(2)15-23(22)31-18-21-9-14-30-17-21/h7-8,11,13,15,21H,4-6,9-10,12,14,16-18H2,1-3H3,(H2,25,27,28). The first kappa shape index (κ1) is 23.1. The van der Waals surface area contributed by atoms with Crippen molar-refractivity contribution in [2.75, 3.05) is 32.9 Å². The summed E-state index contributed by atoms with van der Waals surface area (Å²) in [5.41, 5.74) is 2.31. The molecule has 7 nitrogen and oxygen atoms in total. The highest BCUT2D eigenvalue weighted by Crippen LogP contribution is 2.23. The van der Waals surface area contributed by atoms with Gasteiger partial charge in [-0.2, -0.15) is 0 Å². The number of benzene rings is 1. The Labute approximate surface area is 186 Å². The first-order valence-corrected chi connectivity index (χ1v) is 11.5. The van der Waals surface area contributed by atoms with Gasteiger partial charge in [-0.25, -0.2) is 9.98 Å². The summed E-state index contributed by atoms with van der Waals surface area (Å²) < 4.78 is 13.8. The molecule has 1 aromatic carbocycles. The van der Waals surface area contributed by atoms with Crippen molar-refractivity contribution in [2.24, 2.45) is 10.9 Å². The molecule has 1 aliphatic rings. The summed E-state index contributed by atoms with van der Waals surface area (Å²) in [6.45, 7) is 11.9. The van der Waals surface area contributed by atoms with Gasteiger partial charge in [-0.1, -0.05) is 12.1 Å². The van der Waals surface area contributed by atoms with Crippen molar-refractivity contribution in [2.45, 2.75) is 53.1 Å². The van der Waals surface area contributed by atoms with Gasteiger partial charge in [-0.15, -0.1) is 0 Å². The van der Waals surface area contributed by atoms with E-state index in [-0.39, 0.29) is 0 Å². The maximum Gasteiger partial charge on any atom is 0.191 e. The SMILES string of the molecule is CCNC(=NCc1ccc(C)cc1OCC1CCOC1)NCCCCn1ccnc1C. The number of unbranched alkanes of at least 4 members (excludes halogenated alkanes) is 1. The van der Waals surface area contributed by atoms with Crippen LogP contribution in [0.4, 0.5) is 0 Å². The molecule has 7 heteroatoms. The number of aromatic nitrogens is 2. The van der Waals surface area contributed by atoms with E-state index in [1.807, 2.05) is 19.3 Å². The van der Waals surface area contributed by atoms with Crippen LogP contribution in [0.1, 0.15) is 43.1 Å². The molecule has 1 fully saturated rings. The van der Waals surface area contributed by atoms with Gasteiger partial charge in [0, 0.05) is 50.1 Å². The van der Waals surface area contributed by atoms with Crippen LogP contribution in [0.2, 0.25) is 0 Å². The normalized spacial score (nSPS) is 16.5. The Morgan fingerprint density at radius 3 is 2.94 bits per heavy atom. The van der Waals surface area contributed by atoms with E-state index in [1.54, 1.807) is 0 Å². The van der Waals surface area contributed by atoms with E-state index in [0.717, 1.165) is 75.2 Å². The fraction of sp³-hybridized carbons (Fsp3) is 0.583. The van der Waals surface area contributed by atoms with Crippen LogP contribution in [-0.4, -0.2) is 48.4 Å². The van der Waals surface area contributed by atoms with E-state index in [9.17, 15) is 0 Å². The molecular formula is C24H37N5O2. The van der Waals surface area contributed by atoms with Crippen LogP contribution in [0.3, 0.4) is 0 Å². The van der Waals surface area contributed by atoms with Crippen LogP contribution in [0.25, 0.3) is 0 Å². The monoisotopic (exact) mass is 427 g/mol. The second-order valence-electron chi connectivity index (χ2n) is 8.15. The summed E-state index contributed by atoms with van der Waals surface area (Å²) in [4.78, 5) is 9.06. The second-order valence-corrected chi connectivity index (χ2v) is 8.15. The molecule has 0 radical (unpaired) electrons. The van der Waals surface area contributed by atoms with E-state index in [1.165, 1.54) is 5.56 Å². The number of aryl methyl sites for hydroxylation is 3. The third kappa shape index (κ3) is 7.58. The first-order valence-electron chi connectivity index (χ1n) is 11.5. The largest absolute Gasteiger partial charge is 0.493 e. The van der Waals surface area contributed by atoms with E-state index < -0.39 is 0 Å². The summed E-state index contributed by atoms with van der Waals surface area (Å²) in [6, 6.07) is 6.35. The average Bonchev–Trinajstić information content (AvgIpc) is 3.43. The number of hydrogen-bond donors (Lipinski definition) is 2. The third-order valence-corrected chi connectivity index (χ3v) is 5.51. The van der Waals surface area contributed by atoms with E-state index in [0.29, 0.717) is 19.1 Å². The number of guanidine groups is 1. The Kier molecular flexibility index (Phi) is 9.21. The molecule has 0 amide bonds. The number of rotatable bonds is 11. The van der Waals surface area contributed by atoms with Gasteiger partial charge in [0.2, 0.25) is 0 Å². The fourth-order valence-electron chi connectivity index (χ4n) is 3.61. The molecule has 0 bridgehead atoms. The lowest BCUT2D eigenvalue weighted by atomic mass is 10.1. The van der Waals surface area contributed by atoms with Crippen LogP contribution in [0.5, 0.6) is 5.75 Å². The topological polar surface area (TPSA) is 72.7 Å². The Bertz CT molecular complexity index is 827. The molecule has 0 aliphatic carbocycles. The van der Waals surface area contributed by atoms with Gasteiger partial charge in [0.15, 0.2) is 5.96 Å². The Morgan fingerprint density at radius 2 is 2.19 bits per heavy atom. The summed E-state index contributed by atoms with van der Waals surface area (Å²) in [7, 11) is 0. The number of imidazole rings is 1. The molecule has 3 rings (SSSR count). The molecule has 1 unspecified atom stereocenters. The van der Waals surface area contributed by atoms with Crippen molar-refractivity contribution in [3.8, 4) is 5.75 Å². The Balaban J connectivity index is 1.49. The Morgan fingerprint density at radius 1 is 1.29 bits per heavy atom. The van der Waals surface area contributed by atoms with Gasteiger partial charge in [-0.05, 0) is 51.7 Å². The average molecular weight is 428 g/mol. The molecule has 1 aliphatic heterocycles. The van der Waals surface area contributed by atoms with Crippen molar-refractivity contribution in [3.05, 3.63) is 47.5 Å². The van der Waals surface area contributed by atoms with E-state index in [2.05, 4.69) is 52.2 Å². The summed E-state index contributed by atoms with van der Waals surface area (Å²) in [5, 5.41) is 6.79. The lowest BCUT2D eigenvalue weighted by Gasteiger charge is -2.15. The summed E-state index contributed by atoms with van der Waals surface area (Å²) in [5.74, 6) is 3.33. The molecule has 2 N–H and O–H groups in total. The molecule has 0 spiro atoms. The van der Waals surface area contributed by atoms with Crippen LogP contribution < -0.4 is 15.4 Å². The van der Waals surface area contributed by atoms with Crippen LogP contribution in [0.15, 0.2) is 35.6 Å². The smallest absolute Gasteiger partial charge is 0.191 e. The maximum absolute atomic E-state index is 6.15. The van der Waals surface area contributed by atoms with Gasteiger partial charge in [0.1, 0.15) is 11.6 Å². The van der Waals surface area contributed by atoms with Gasteiger partial charge in [0.05, 0.1) is 19.8 Å². The molecule has 1 aromatic heterocycles.